The van der Waals surface area contributed by atoms with Crippen molar-refractivity contribution in [2.75, 3.05) is 18.7 Å². The Morgan fingerprint density at radius 1 is 1.11 bits per heavy atom. The smallest absolute Gasteiger partial charge is 0.412 e. The molecule has 6 heteroatoms. The summed E-state index contributed by atoms with van der Waals surface area (Å²) >= 11 is 0. The van der Waals surface area contributed by atoms with E-state index in [0.29, 0.717) is 6.54 Å². The predicted molar refractivity (Wildman–Crippen MR) is 103 cm³/mol. The Hall–Kier alpha value is -2.73. The first-order chi connectivity index (χ1) is 12.9. The van der Waals surface area contributed by atoms with E-state index in [1.807, 2.05) is 51.1 Å². The van der Waals surface area contributed by atoms with Gasteiger partial charge >= 0.3 is 6.09 Å². The van der Waals surface area contributed by atoms with Crippen molar-refractivity contribution in [1.82, 2.24) is 5.32 Å². The molecule has 0 saturated carbocycles. The summed E-state index contributed by atoms with van der Waals surface area (Å²) in [5, 5.41) is 6.29. The van der Waals surface area contributed by atoms with Crippen molar-refractivity contribution in [1.29, 1.82) is 0 Å². The van der Waals surface area contributed by atoms with E-state index in [9.17, 15) is 4.79 Å². The molecule has 2 aromatic carbocycles. The van der Waals surface area contributed by atoms with Crippen molar-refractivity contribution in [2.24, 2.45) is 0 Å². The van der Waals surface area contributed by atoms with Crippen LogP contribution in [0.1, 0.15) is 31.9 Å². The molecule has 2 aromatic rings. The Kier molecular flexibility index (Phi) is 4.44. The van der Waals surface area contributed by atoms with Crippen LogP contribution in [0, 0.1) is 0 Å². The zero-order chi connectivity index (χ0) is 19.0. The van der Waals surface area contributed by atoms with Gasteiger partial charge in [0.05, 0.1) is 0 Å². The highest BCUT2D eigenvalue weighted by atomic mass is 16.7. The number of hydrogen-bond donors (Lipinski definition) is 2. The molecule has 1 amide bonds. The number of benzene rings is 2. The Labute approximate surface area is 158 Å². The summed E-state index contributed by atoms with van der Waals surface area (Å²) in [5.41, 5.74) is 4.83. The summed E-state index contributed by atoms with van der Waals surface area (Å²) in [4.78, 5) is 12.2. The Bertz CT molecular complexity index is 886. The molecule has 0 unspecified atom stereocenters. The summed E-state index contributed by atoms with van der Waals surface area (Å²) in [7, 11) is 0. The number of hydrogen-bond acceptors (Lipinski definition) is 5. The summed E-state index contributed by atoms with van der Waals surface area (Å²) < 4.78 is 16.3. The highest BCUT2D eigenvalue weighted by molar-refractivity contribution is 5.88. The fourth-order valence-corrected chi connectivity index (χ4v) is 3.47. The first kappa shape index (κ1) is 17.7. The minimum atomic E-state index is -0.533. The van der Waals surface area contributed by atoms with Gasteiger partial charge < -0.3 is 19.5 Å². The number of carbonyl (C=O) groups excluding carboxylic acids is 1. The highest BCUT2D eigenvalue weighted by Crippen LogP contribution is 2.39. The molecule has 0 saturated heterocycles. The zero-order valence-corrected chi connectivity index (χ0v) is 15.8. The van der Waals surface area contributed by atoms with Gasteiger partial charge in [0.15, 0.2) is 11.5 Å². The van der Waals surface area contributed by atoms with E-state index in [2.05, 4.69) is 10.6 Å². The first-order valence-corrected chi connectivity index (χ1v) is 9.16. The van der Waals surface area contributed by atoms with Gasteiger partial charge in [0.2, 0.25) is 6.79 Å². The van der Waals surface area contributed by atoms with Crippen LogP contribution in [0.3, 0.4) is 0 Å². The maximum atomic E-state index is 12.2. The largest absolute Gasteiger partial charge is 0.454 e. The number of carbonyl (C=O) groups is 1. The van der Waals surface area contributed by atoms with E-state index < -0.39 is 11.7 Å². The van der Waals surface area contributed by atoms with E-state index in [-0.39, 0.29) is 6.79 Å². The van der Waals surface area contributed by atoms with E-state index >= 15 is 0 Å². The van der Waals surface area contributed by atoms with Crippen LogP contribution < -0.4 is 20.1 Å². The molecule has 0 spiro atoms. The number of ether oxygens (including phenoxy) is 3. The molecule has 2 aliphatic rings. The third-order valence-electron chi connectivity index (χ3n) is 4.60. The van der Waals surface area contributed by atoms with Gasteiger partial charge in [-0.05, 0) is 74.2 Å². The molecule has 0 atom stereocenters. The molecule has 2 aliphatic heterocycles. The molecule has 0 fully saturated rings. The molecule has 2 N–H and O–H groups in total. The lowest BCUT2D eigenvalue weighted by Crippen LogP contribution is -2.29. The molecule has 142 valence electrons. The summed E-state index contributed by atoms with van der Waals surface area (Å²) in [5.74, 6) is 1.55. The number of rotatable bonds is 2. The fourth-order valence-electron chi connectivity index (χ4n) is 3.47. The standard InChI is InChI=1S/C21H24N2O4/c1-21(2,3)27-20(24)23-17-6-5-14(15-8-9-22-11-16(15)17)13-4-7-18-19(10-13)26-12-25-18/h4-7,10,22H,8-9,11-12H2,1-3H3,(H,23,24). The van der Waals surface area contributed by atoms with E-state index in [4.69, 9.17) is 14.2 Å². The van der Waals surface area contributed by atoms with Gasteiger partial charge in [-0.1, -0.05) is 12.1 Å². The van der Waals surface area contributed by atoms with Crippen molar-refractivity contribution >= 4 is 11.8 Å². The molecule has 2 heterocycles. The Morgan fingerprint density at radius 2 is 1.93 bits per heavy atom. The van der Waals surface area contributed by atoms with Gasteiger partial charge in [-0.3, -0.25) is 5.32 Å². The average Bonchev–Trinajstić information content (AvgIpc) is 3.08. The average molecular weight is 368 g/mol. The summed E-state index contributed by atoms with van der Waals surface area (Å²) in [6.07, 6.45) is 0.453. The zero-order valence-electron chi connectivity index (χ0n) is 15.8. The van der Waals surface area contributed by atoms with Gasteiger partial charge in [-0.25, -0.2) is 4.79 Å². The van der Waals surface area contributed by atoms with Crippen molar-refractivity contribution in [2.45, 2.75) is 39.3 Å². The maximum Gasteiger partial charge on any atom is 0.412 e. The molecule has 4 rings (SSSR count). The number of fused-ring (bicyclic) bond motifs is 2. The Morgan fingerprint density at radius 3 is 2.74 bits per heavy atom. The van der Waals surface area contributed by atoms with Crippen molar-refractivity contribution in [3.05, 3.63) is 41.5 Å². The van der Waals surface area contributed by atoms with E-state index in [1.54, 1.807) is 0 Å². The maximum absolute atomic E-state index is 12.2. The second-order valence-corrected chi connectivity index (χ2v) is 7.74. The molecule has 0 aromatic heterocycles. The molecule has 0 bridgehead atoms. The lowest BCUT2D eigenvalue weighted by molar-refractivity contribution is 0.0635. The molecular formula is C21H24N2O4. The predicted octanol–water partition coefficient (Wildman–Crippen LogP) is 4.08. The minimum Gasteiger partial charge on any atom is -0.454 e. The van der Waals surface area contributed by atoms with Gasteiger partial charge in [0.1, 0.15) is 5.60 Å². The monoisotopic (exact) mass is 368 g/mol. The van der Waals surface area contributed by atoms with Crippen molar-refractivity contribution < 1.29 is 19.0 Å². The third-order valence-corrected chi connectivity index (χ3v) is 4.60. The van der Waals surface area contributed by atoms with Crippen LogP contribution in [0.4, 0.5) is 10.5 Å². The second kappa shape index (κ2) is 6.78. The lowest BCUT2D eigenvalue weighted by Gasteiger charge is -2.25. The molecule has 0 aliphatic carbocycles. The van der Waals surface area contributed by atoms with Crippen molar-refractivity contribution in [3.63, 3.8) is 0 Å². The van der Waals surface area contributed by atoms with E-state index in [1.165, 1.54) is 5.56 Å². The summed E-state index contributed by atoms with van der Waals surface area (Å²) in [6.45, 7) is 7.43. The number of amides is 1. The molecular weight excluding hydrogens is 344 g/mol. The third kappa shape index (κ3) is 3.71. The van der Waals surface area contributed by atoms with Gasteiger partial charge in [0, 0.05) is 12.2 Å². The topological polar surface area (TPSA) is 68.8 Å². The normalized spacial score (nSPS) is 15.2. The van der Waals surface area contributed by atoms with Crippen LogP contribution in [0.5, 0.6) is 11.5 Å². The van der Waals surface area contributed by atoms with Gasteiger partial charge in [-0.15, -0.1) is 0 Å². The van der Waals surface area contributed by atoms with Crippen LogP contribution in [0.15, 0.2) is 30.3 Å². The van der Waals surface area contributed by atoms with Crippen LogP contribution in [-0.2, 0) is 17.7 Å². The second-order valence-electron chi connectivity index (χ2n) is 7.74. The van der Waals surface area contributed by atoms with Crippen molar-refractivity contribution in [3.8, 4) is 22.6 Å². The van der Waals surface area contributed by atoms with Crippen LogP contribution >= 0.6 is 0 Å². The first-order valence-electron chi connectivity index (χ1n) is 9.16. The van der Waals surface area contributed by atoms with Crippen LogP contribution in [-0.4, -0.2) is 25.0 Å². The SMILES string of the molecule is CC(C)(C)OC(=O)Nc1ccc(-c2ccc3c(c2)OCO3)c2c1CNCC2. The molecule has 27 heavy (non-hydrogen) atoms. The van der Waals surface area contributed by atoms with Crippen LogP contribution in [0.2, 0.25) is 0 Å². The lowest BCUT2D eigenvalue weighted by atomic mass is 9.90. The fraction of sp³-hybridized carbons (Fsp3) is 0.381. The number of anilines is 1. The summed E-state index contributed by atoms with van der Waals surface area (Å²) in [6, 6.07) is 10.00. The number of nitrogens with one attached hydrogen (secondary N) is 2. The highest BCUT2D eigenvalue weighted by Gasteiger charge is 2.22. The minimum absolute atomic E-state index is 0.263. The van der Waals surface area contributed by atoms with Gasteiger partial charge in [0.25, 0.3) is 0 Å². The van der Waals surface area contributed by atoms with Crippen LogP contribution in [0.25, 0.3) is 11.1 Å². The molecule has 6 nitrogen and oxygen atoms in total. The van der Waals surface area contributed by atoms with Gasteiger partial charge in [-0.2, -0.15) is 0 Å². The quantitative estimate of drug-likeness (QED) is 0.836. The Balaban J connectivity index is 1.68. The van der Waals surface area contributed by atoms with E-state index in [0.717, 1.165) is 46.8 Å². The molecule has 0 radical (unpaired) electrons.